The van der Waals surface area contributed by atoms with E-state index in [-0.39, 0.29) is 94.0 Å². The van der Waals surface area contributed by atoms with Gasteiger partial charge in [-0.3, -0.25) is 9.59 Å². The van der Waals surface area contributed by atoms with E-state index in [0.717, 1.165) is 103 Å². The molecule has 11 nitrogen and oxygen atoms in total. The molecule has 0 aromatic heterocycles. The van der Waals surface area contributed by atoms with Crippen LogP contribution < -0.4 is 16.0 Å². The van der Waals surface area contributed by atoms with Crippen LogP contribution in [0.25, 0.3) is 0 Å². The molecule has 63 heavy (non-hydrogen) atoms. The second-order valence-corrected chi connectivity index (χ2v) is 24.3. The summed E-state index contributed by atoms with van der Waals surface area (Å²) >= 11 is 0. The molecule has 8 saturated carbocycles. The highest BCUT2D eigenvalue weighted by Gasteiger charge is 2.68. The molecule has 360 valence electrons. The summed E-state index contributed by atoms with van der Waals surface area (Å²) in [5.41, 5.74) is -1.42. The highest BCUT2D eigenvalue weighted by atomic mass is 16.3. The lowest BCUT2D eigenvalue weighted by atomic mass is 9.43. The van der Waals surface area contributed by atoms with Gasteiger partial charge < -0.3 is 46.6 Å². The number of aliphatic hydroxyl groups excluding tert-OH is 4. The second kappa shape index (κ2) is 18.6. The highest BCUT2D eigenvalue weighted by molar-refractivity contribution is 5.76. The molecule has 8 fully saturated rings. The lowest BCUT2D eigenvalue weighted by Gasteiger charge is -2.63. The Bertz CT molecular complexity index is 1500. The molecule has 0 aromatic rings. The Morgan fingerprint density at radius 3 is 1.35 bits per heavy atom. The van der Waals surface area contributed by atoms with Crippen molar-refractivity contribution in [1.29, 1.82) is 0 Å². The first-order valence-corrected chi connectivity index (χ1v) is 26.2. The van der Waals surface area contributed by atoms with Crippen molar-refractivity contribution in [2.75, 3.05) is 26.2 Å². The van der Waals surface area contributed by atoms with Gasteiger partial charge in [0, 0.05) is 39.0 Å². The predicted molar refractivity (Wildman–Crippen MR) is 244 cm³/mol. The van der Waals surface area contributed by atoms with Crippen molar-refractivity contribution in [3.63, 3.8) is 0 Å². The number of carbonyl (C=O) groups excluding carboxylic acids is 2. The second-order valence-electron chi connectivity index (χ2n) is 24.3. The van der Waals surface area contributed by atoms with Crippen LogP contribution in [0, 0.1) is 93.7 Å². The van der Waals surface area contributed by atoms with E-state index in [4.69, 9.17) is 0 Å². The Balaban J connectivity index is 0.713. The zero-order chi connectivity index (χ0) is 45.2. The van der Waals surface area contributed by atoms with Gasteiger partial charge in [-0.1, -0.05) is 41.5 Å². The quantitative estimate of drug-likeness (QED) is 0.101. The first-order valence-electron chi connectivity index (χ1n) is 26.2. The van der Waals surface area contributed by atoms with E-state index in [9.17, 15) is 40.2 Å². The van der Waals surface area contributed by atoms with Crippen LogP contribution in [0.1, 0.15) is 157 Å². The Kier molecular flexibility index (Phi) is 14.2. The topological polar surface area (TPSA) is 192 Å². The van der Waals surface area contributed by atoms with Crippen molar-refractivity contribution in [2.24, 2.45) is 93.7 Å². The van der Waals surface area contributed by atoms with E-state index in [1.54, 1.807) is 0 Å². The van der Waals surface area contributed by atoms with Crippen molar-refractivity contribution < 1.29 is 40.2 Å². The molecule has 0 bridgehead atoms. The molecular formula is C52H89N3O8. The van der Waals surface area contributed by atoms with Crippen LogP contribution in [0.15, 0.2) is 0 Å². The fourth-order valence-electron chi connectivity index (χ4n) is 18.0. The van der Waals surface area contributed by atoms with Gasteiger partial charge in [-0.05, 0) is 196 Å². The van der Waals surface area contributed by atoms with Gasteiger partial charge in [-0.25, -0.2) is 0 Å². The normalized spacial score (nSPS) is 49.8. The summed E-state index contributed by atoms with van der Waals surface area (Å²) in [7, 11) is 0. The van der Waals surface area contributed by atoms with Crippen molar-refractivity contribution in [3.8, 4) is 0 Å². The summed E-state index contributed by atoms with van der Waals surface area (Å²) in [5.74, 6) is 2.74. The minimum absolute atomic E-state index is 0.0222. The van der Waals surface area contributed by atoms with Crippen LogP contribution in [0.4, 0.5) is 0 Å². The summed E-state index contributed by atoms with van der Waals surface area (Å²) in [4.78, 5) is 25.9. The smallest absolute Gasteiger partial charge is 0.220 e. The molecule has 0 aliphatic heterocycles. The summed E-state index contributed by atoms with van der Waals surface area (Å²) in [6.07, 6.45) is 13.2. The van der Waals surface area contributed by atoms with E-state index in [0.29, 0.717) is 62.7 Å². The van der Waals surface area contributed by atoms with Crippen molar-refractivity contribution in [2.45, 2.75) is 193 Å². The van der Waals surface area contributed by atoms with Crippen LogP contribution in [-0.4, -0.2) is 104 Å². The zero-order valence-corrected chi connectivity index (χ0v) is 39.9. The third-order valence-corrected chi connectivity index (χ3v) is 21.5. The Labute approximate surface area is 379 Å². The van der Waals surface area contributed by atoms with Crippen molar-refractivity contribution in [1.82, 2.24) is 16.0 Å². The van der Waals surface area contributed by atoms with Crippen molar-refractivity contribution >= 4 is 11.8 Å². The van der Waals surface area contributed by atoms with Crippen LogP contribution in [0.2, 0.25) is 0 Å². The summed E-state index contributed by atoms with van der Waals surface area (Å²) < 4.78 is 0. The Hall–Kier alpha value is -1.34. The maximum Gasteiger partial charge on any atom is 0.220 e. The Morgan fingerprint density at radius 2 is 0.952 bits per heavy atom. The maximum absolute atomic E-state index is 12.9. The number of hydrogen-bond donors (Lipinski definition) is 9. The largest absolute Gasteiger partial charge is 0.393 e. The molecule has 9 N–H and O–H groups in total. The lowest BCUT2D eigenvalue weighted by Crippen LogP contribution is -2.63. The molecule has 8 rings (SSSR count). The molecule has 2 amide bonds. The molecule has 0 saturated heterocycles. The molecule has 8 unspecified atom stereocenters. The highest BCUT2D eigenvalue weighted by Crippen LogP contribution is 2.69. The van der Waals surface area contributed by atoms with Gasteiger partial charge in [0.15, 0.2) is 0 Å². The molecule has 0 radical (unpaired) electrons. The van der Waals surface area contributed by atoms with Crippen LogP contribution in [0.3, 0.4) is 0 Å². The number of carbonyl (C=O) groups is 2. The first kappa shape index (κ1) is 48.1. The third kappa shape index (κ3) is 8.50. The molecule has 0 aromatic carbocycles. The van der Waals surface area contributed by atoms with Gasteiger partial charge in [0.1, 0.15) is 0 Å². The van der Waals surface area contributed by atoms with Gasteiger partial charge in [-0.2, -0.15) is 0 Å². The van der Waals surface area contributed by atoms with E-state index in [1.165, 1.54) is 0 Å². The standard InChI is InChI=1S/C52H89N3O8/c1-29(37-9-11-39-47-41(23-31(3)51(37,39)62)49(5)17-15-35(56)25-33(49)27-43(47)58)7-13-45(60)54-21-19-53-20-22-55-46(61)14-8-30(2)38-10-12-40-48-42(24-32(4)52(38,40)63)50(6)18-16-36(57)26-34(50)28-44(48)59/h29-44,47-48,53,56-59,62-63H,7-28H2,1-6H3,(H,54,60)(H,55,61)/t29-,30-,31+,32+,33?,34?,35-,36-,37-,38-,39?,40?,41?,42?,43-,44-,47?,48?,49+,50+,51+,52+/m1/s1. The maximum atomic E-state index is 12.9. The van der Waals surface area contributed by atoms with E-state index in [2.05, 4.69) is 57.5 Å². The number of hydrogen-bond acceptors (Lipinski definition) is 9. The lowest BCUT2D eigenvalue weighted by molar-refractivity contribution is -0.220. The fraction of sp³-hybridized carbons (Fsp3) is 0.962. The number of aliphatic hydroxyl groups is 6. The molecule has 0 heterocycles. The number of fused-ring (bicyclic) bond motifs is 10. The summed E-state index contributed by atoms with van der Waals surface area (Å²) in [5, 5.41) is 78.5. The average Bonchev–Trinajstić information content (AvgIpc) is 3.79. The van der Waals surface area contributed by atoms with Crippen LogP contribution in [0.5, 0.6) is 0 Å². The predicted octanol–water partition coefficient (Wildman–Crippen LogP) is 5.56. The van der Waals surface area contributed by atoms with E-state index in [1.807, 2.05) is 0 Å². The summed E-state index contributed by atoms with van der Waals surface area (Å²) in [6.45, 7) is 15.9. The molecule has 11 heteroatoms. The first-order chi connectivity index (χ1) is 29.8. The average molecular weight is 884 g/mol. The minimum atomic E-state index is -0.821. The van der Waals surface area contributed by atoms with Gasteiger partial charge in [0.2, 0.25) is 11.8 Å². The number of amides is 2. The monoisotopic (exact) mass is 884 g/mol. The minimum Gasteiger partial charge on any atom is -0.393 e. The molecule has 8 aliphatic carbocycles. The van der Waals surface area contributed by atoms with Gasteiger partial charge in [0.25, 0.3) is 0 Å². The van der Waals surface area contributed by atoms with Gasteiger partial charge in [-0.15, -0.1) is 0 Å². The third-order valence-electron chi connectivity index (χ3n) is 21.5. The van der Waals surface area contributed by atoms with Crippen LogP contribution >= 0.6 is 0 Å². The van der Waals surface area contributed by atoms with Gasteiger partial charge >= 0.3 is 0 Å². The fourth-order valence-corrected chi connectivity index (χ4v) is 18.0. The number of rotatable bonds is 14. The van der Waals surface area contributed by atoms with Crippen molar-refractivity contribution in [3.05, 3.63) is 0 Å². The molecule has 0 spiro atoms. The Morgan fingerprint density at radius 1 is 0.556 bits per heavy atom. The summed E-state index contributed by atoms with van der Waals surface area (Å²) in [6, 6.07) is 0. The number of nitrogens with one attached hydrogen (secondary N) is 3. The van der Waals surface area contributed by atoms with Gasteiger partial charge in [0.05, 0.1) is 35.6 Å². The molecular weight excluding hydrogens is 795 g/mol. The molecule has 22 atom stereocenters. The van der Waals surface area contributed by atoms with Crippen LogP contribution in [-0.2, 0) is 9.59 Å². The van der Waals surface area contributed by atoms with E-state index < -0.39 is 23.4 Å². The van der Waals surface area contributed by atoms with E-state index >= 15 is 0 Å². The molecule has 8 aliphatic rings. The zero-order valence-electron chi connectivity index (χ0n) is 39.9. The SMILES string of the molecule is C[C@H](CCC(=O)NCCNCCNC(=O)CC[C@@H](C)[C@H]1CCC2C3C(C[C@H](C)[C@@]21O)[C@@]1(C)CC[C@@H](O)CC1C[C@H]3O)[C@H]1CCC2C3C(C[C@H](C)[C@@]21O)[C@@]1(C)CC[C@@H](O)CC1C[C@H]3O.